The monoisotopic (exact) mass is 250 g/mol. The maximum absolute atomic E-state index is 4.39. The molecule has 0 aliphatic rings. The molecular formula is C12H18N4S. The van der Waals surface area contributed by atoms with Crippen molar-refractivity contribution in [3.63, 3.8) is 0 Å². The van der Waals surface area contributed by atoms with Crippen molar-refractivity contribution >= 4 is 11.3 Å². The molecule has 0 aromatic carbocycles. The zero-order valence-corrected chi connectivity index (χ0v) is 11.3. The summed E-state index contributed by atoms with van der Waals surface area (Å²) in [6.07, 6.45) is 3.77. The third-order valence-electron chi connectivity index (χ3n) is 2.70. The Morgan fingerprint density at radius 3 is 3.00 bits per heavy atom. The smallest absolute Gasteiger partial charge is 0.109 e. The van der Waals surface area contributed by atoms with E-state index in [1.165, 1.54) is 10.6 Å². The highest BCUT2D eigenvalue weighted by Crippen LogP contribution is 2.19. The van der Waals surface area contributed by atoms with Crippen LogP contribution >= 0.6 is 11.3 Å². The second-order valence-electron chi connectivity index (χ2n) is 4.05. The summed E-state index contributed by atoms with van der Waals surface area (Å²) in [6.45, 7) is 8.07. The maximum Gasteiger partial charge on any atom is 0.109 e. The molecule has 0 aliphatic heterocycles. The Labute approximate surface area is 106 Å². The average molecular weight is 250 g/mol. The molecule has 1 unspecified atom stereocenters. The Morgan fingerprint density at radius 2 is 2.35 bits per heavy atom. The molecule has 2 rings (SSSR count). The molecule has 0 amide bonds. The van der Waals surface area contributed by atoms with Crippen LogP contribution in [-0.2, 0) is 13.1 Å². The number of hydrogen-bond donors (Lipinski definition) is 1. The fourth-order valence-electron chi connectivity index (χ4n) is 1.71. The second kappa shape index (κ2) is 5.42. The summed E-state index contributed by atoms with van der Waals surface area (Å²) in [5.74, 6) is 0. The summed E-state index contributed by atoms with van der Waals surface area (Å²) in [7, 11) is 0. The van der Waals surface area contributed by atoms with Crippen molar-refractivity contribution in [2.45, 2.75) is 39.9 Å². The van der Waals surface area contributed by atoms with Gasteiger partial charge >= 0.3 is 0 Å². The molecule has 2 aromatic rings. The molecule has 0 fully saturated rings. The summed E-state index contributed by atoms with van der Waals surface area (Å²) < 4.78 is 2.01. The number of thiazole rings is 1. The first-order valence-electron chi connectivity index (χ1n) is 5.87. The predicted octanol–water partition coefficient (Wildman–Crippen LogP) is 2.52. The van der Waals surface area contributed by atoms with Gasteiger partial charge in [-0.1, -0.05) is 0 Å². The number of aryl methyl sites for hydroxylation is 2. The molecule has 0 spiro atoms. The van der Waals surface area contributed by atoms with E-state index in [4.69, 9.17) is 0 Å². The Kier molecular flexibility index (Phi) is 3.91. The summed E-state index contributed by atoms with van der Waals surface area (Å²) in [4.78, 5) is 5.65. The first-order valence-corrected chi connectivity index (χ1v) is 6.68. The highest BCUT2D eigenvalue weighted by Gasteiger charge is 2.09. The quantitative estimate of drug-likeness (QED) is 0.886. The van der Waals surface area contributed by atoms with Gasteiger partial charge < -0.3 is 5.32 Å². The molecule has 1 atom stereocenters. The molecule has 0 bridgehead atoms. The standard InChI is InChI=1S/C12H18N4S/c1-4-16-11(5-6-15-16)8-13-10(3)12-14-7-9(2)17-12/h5-7,10,13H,4,8H2,1-3H3. The van der Waals surface area contributed by atoms with Crippen LogP contribution in [0.4, 0.5) is 0 Å². The molecule has 1 N–H and O–H groups in total. The summed E-state index contributed by atoms with van der Waals surface area (Å²) in [5.41, 5.74) is 1.22. The highest BCUT2D eigenvalue weighted by atomic mass is 32.1. The van der Waals surface area contributed by atoms with Crippen molar-refractivity contribution in [1.29, 1.82) is 0 Å². The van der Waals surface area contributed by atoms with Crippen molar-refractivity contribution < 1.29 is 0 Å². The van der Waals surface area contributed by atoms with Crippen LogP contribution in [0.1, 0.15) is 35.5 Å². The van der Waals surface area contributed by atoms with Crippen LogP contribution in [0.5, 0.6) is 0 Å². The minimum absolute atomic E-state index is 0.286. The molecular weight excluding hydrogens is 232 g/mol. The fraction of sp³-hybridized carbons (Fsp3) is 0.500. The van der Waals surface area contributed by atoms with E-state index < -0.39 is 0 Å². The minimum Gasteiger partial charge on any atom is -0.302 e. The van der Waals surface area contributed by atoms with Crippen molar-refractivity contribution in [2.24, 2.45) is 0 Å². The number of rotatable bonds is 5. The molecule has 2 aromatic heterocycles. The lowest BCUT2D eigenvalue weighted by Gasteiger charge is -2.11. The van der Waals surface area contributed by atoms with Crippen LogP contribution in [0.15, 0.2) is 18.5 Å². The zero-order valence-electron chi connectivity index (χ0n) is 10.5. The number of nitrogens with one attached hydrogen (secondary N) is 1. The number of nitrogens with zero attached hydrogens (tertiary/aromatic N) is 3. The van der Waals surface area contributed by atoms with Gasteiger partial charge in [0.1, 0.15) is 5.01 Å². The minimum atomic E-state index is 0.286. The lowest BCUT2D eigenvalue weighted by Crippen LogP contribution is -2.20. The van der Waals surface area contributed by atoms with Gasteiger partial charge in [-0.25, -0.2) is 4.98 Å². The molecule has 2 heterocycles. The molecule has 0 saturated carbocycles. The molecule has 5 heteroatoms. The molecule has 0 radical (unpaired) electrons. The lowest BCUT2D eigenvalue weighted by atomic mass is 10.3. The maximum atomic E-state index is 4.39. The van der Waals surface area contributed by atoms with Crippen molar-refractivity contribution in [3.05, 3.63) is 34.0 Å². The van der Waals surface area contributed by atoms with E-state index in [9.17, 15) is 0 Å². The summed E-state index contributed by atoms with van der Waals surface area (Å²) in [6, 6.07) is 2.34. The Balaban J connectivity index is 1.94. The van der Waals surface area contributed by atoms with Gasteiger partial charge in [0.05, 0.1) is 11.7 Å². The van der Waals surface area contributed by atoms with Gasteiger partial charge in [-0.3, -0.25) is 4.68 Å². The lowest BCUT2D eigenvalue weighted by molar-refractivity contribution is 0.530. The van der Waals surface area contributed by atoms with E-state index in [-0.39, 0.29) is 6.04 Å². The SMILES string of the molecule is CCn1nccc1CNC(C)c1ncc(C)s1. The van der Waals surface area contributed by atoms with Crippen LogP contribution in [-0.4, -0.2) is 14.8 Å². The third kappa shape index (κ3) is 2.92. The number of aromatic nitrogens is 3. The molecule has 0 saturated heterocycles. The van der Waals surface area contributed by atoms with Crippen LogP contribution < -0.4 is 5.32 Å². The Bertz CT molecular complexity index is 474. The number of hydrogen-bond acceptors (Lipinski definition) is 4. The van der Waals surface area contributed by atoms with Gasteiger partial charge in [0, 0.05) is 30.4 Å². The Morgan fingerprint density at radius 1 is 1.53 bits per heavy atom. The van der Waals surface area contributed by atoms with Gasteiger partial charge in [-0.15, -0.1) is 11.3 Å². The molecule has 4 nitrogen and oxygen atoms in total. The topological polar surface area (TPSA) is 42.7 Å². The van der Waals surface area contributed by atoms with E-state index in [1.54, 1.807) is 11.3 Å². The van der Waals surface area contributed by atoms with Gasteiger partial charge in [0.25, 0.3) is 0 Å². The molecule has 92 valence electrons. The first kappa shape index (κ1) is 12.3. The van der Waals surface area contributed by atoms with E-state index in [0.29, 0.717) is 0 Å². The van der Waals surface area contributed by atoms with Crippen molar-refractivity contribution in [3.8, 4) is 0 Å². The van der Waals surface area contributed by atoms with Crippen LogP contribution in [0, 0.1) is 6.92 Å². The van der Waals surface area contributed by atoms with Crippen LogP contribution in [0.25, 0.3) is 0 Å². The Hall–Kier alpha value is -1.20. The van der Waals surface area contributed by atoms with Gasteiger partial charge in [-0.05, 0) is 26.8 Å². The zero-order chi connectivity index (χ0) is 12.3. The third-order valence-corrected chi connectivity index (χ3v) is 3.80. The van der Waals surface area contributed by atoms with Crippen molar-refractivity contribution in [1.82, 2.24) is 20.1 Å². The van der Waals surface area contributed by atoms with Gasteiger partial charge in [0.2, 0.25) is 0 Å². The highest BCUT2D eigenvalue weighted by molar-refractivity contribution is 7.11. The van der Waals surface area contributed by atoms with E-state index in [0.717, 1.165) is 18.1 Å². The fourth-order valence-corrected chi connectivity index (χ4v) is 2.51. The second-order valence-corrected chi connectivity index (χ2v) is 5.32. The summed E-state index contributed by atoms with van der Waals surface area (Å²) >= 11 is 1.75. The van der Waals surface area contributed by atoms with Crippen LogP contribution in [0.3, 0.4) is 0 Å². The molecule has 0 aliphatic carbocycles. The normalized spacial score (nSPS) is 12.9. The molecule has 17 heavy (non-hydrogen) atoms. The van der Waals surface area contributed by atoms with Crippen LogP contribution in [0.2, 0.25) is 0 Å². The van der Waals surface area contributed by atoms with Crippen molar-refractivity contribution in [2.75, 3.05) is 0 Å². The largest absolute Gasteiger partial charge is 0.302 e. The van der Waals surface area contributed by atoms with Gasteiger partial charge in [0.15, 0.2) is 0 Å². The average Bonchev–Trinajstić information content (AvgIpc) is 2.94. The van der Waals surface area contributed by atoms with Gasteiger partial charge in [-0.2, -0.15) is 5.10 Å². The van der Waals surface area contributed by atoms with E-state index >= 15 is 0 Å². The summed E-state index contributed by atoms with van der Waals surface area (Å²) in [5, 5.41) is 8.87. The predicted molar refractivity (Wildman–Crippen MR) is 70.0 cm³/mol. The first-order chi connectivity index (χ1) is 8.20. The van der Waals surface area contributed by atoms with E-state index in [1.807, 2.05) is 17.1 Å². The van der Waals surface area contributed by atoms with E-state index in [2.05, 4.69) is 42.2 Å².